The highest BCUT2D eigenvalue weighted by Crippen LogP contribution is 2.40. The van der Waals surface area contributed by atoms with Gasteiger partial charge in [-0.1, -0.05) is 6.92 Å². The van der Waals surface area contributed by atoms with Crippen molar-refractivity contribution in [1.82, 2.24) is 24.5 Å². The first-order valence-corrected chi connectivity index (χ1v) is 15.4. The van der Waals surface area contributed by atoms with E-state index in [9.17, 15) is 10.1 Å². The zero-order valence-electron chi connectivity index (χ0n) is 25.7. The van der Waals surface area contributed by atoms with Crippen LogP contribution in [0, 0.1) is 28.9 Å². The smallest absolute Gasteiger partial charge is 0.219 e. The van der Waals surface area contributed by atoms with E-state index < -0.39 is 17.0 Å². The number of nitrogens with zero attached hydrogens (tertiary/aromatic N) is 6. The highest BCUT2D eigenvalue weighted by molar-refractivity contribution is 5.73. The second kappa shape index (κ2) is 12.3. The molecule has 9 nitrogen and oxygen atoms in total. The lowest BCUT2D eigenvalue weighted by molar-refractivity contribution is -0.131. The Bertz CT molecular complexity index is 1740. The lowest BCUT2D eigenvalue weighted by Gasteiger charge is -2.43. The summed E-state index contributed by atoms with van der Waals surface area (Å²) in [7, 11) is 1.81. The van der Waals surface area contributed by atoms with Crippen LogP contribution in [0.2, 0.25) is 0 Å². The van der Waals surface area contributed by atoms with Gasteiger partial charge in [0.2, 0.25) is 5.91 Å². The zero-order valence-corrected chi connectivity index (χ0v) is 25.7. The number of nitriles is 1. The molecular formula is C34H37F2N7O2. The molecule has 11 heteroatoms. The molecule has 2 N–H and O–H groups in total. The van der Waals surface area contributed by atoms with Gasteiger partial charge in [0.25, 0.3) is 0 Å². The summed E-state index contributed by atoms with van der Waals surface area (Å²) >= 11 is 0. The zero-order chi connectivity index (χ0) is 31.9. The number of hydrogen-bond donors (Lipinski definition) is 1. The van der Waals surface area contributed by atoms with Gasteiger partial charge in [-0.3, -0.25) is 9.78 Å². The third-order valence-electron chi connectivity index (χ3n) is 9.77. The van der Waals surface area contributed by atoms with Crippen molar-refractivity contribution in [3.8, 4) is 17.3 Å². The fraction of sp³-hybridized carbons (Fsp3) is 0.441. The van der Waals surface area contributed by atoms with E-state index in [1.807, 2.05) is 19.3 Å². The van der Waals surface area contributed by atoms with Crippen LogP contribution in [0.3, 0.4) is 0 Å². The summed E-state index contributed by atoms with van der Waals surface area (Å²) in [4.78, 5) is 22.8. The van der Waals surface area contributed by atoms with Crippen LogP contribution in [0.5, 0.6) is 0 Å². The van der Waals surface area contributed by atoms with Crippen LogP contribution in [0.25, 0.3) is 16.8 Å². The van der Waals surface area contributed by atoms with E-state index in [1.165, 1.54) is 12.1 Å². The fourth-order valence-electron chi connectivity index (χ4n) is 7.33. The molecule has 2 aliphatic rings. The van der Waals surface area contributed by atoms with Gasteiger partial charge in [-0.05, 0) is 84.5 Å². The minimum Gasteiger partial charge on any atom is -0.381 e. The van der Waals surface area contributed by atoms with Crippen LogP contribution in [0.1, 0.15) is 68.0 Å². The summed E-state index contributed by atoms with van der Waals surface area (Å²) in [5.74, 6) is -0.559. The summed E-state index contributed by atoms with van der Waals surface area (Å²) in [6.07, 6.45) is 8.03. The van der Waals surface area contributed by atoms with E-state index in [4.69, 9.17) is 10.5 Å². The molecule has 1 amide bonds. The average molecular weight is 614 g/mol. The molecule has 1 saturated carbocycles. The Morgan fingerprint density at radius 3 is 2.58 bits per heavy atom. The van der Waals surface area contributed by atoms with E-state index in [2.05, 4.69) is 28.1 Å². The van der Waals surface area contributed by atoms with Gasteiger partial charge >= 0.3 is 0 Å². The molecular weight excluding hydrogens is 576 g/mol. The predicted octanol–water partition coefficient (Wildman–Crippen LogP) is 4.92. The molecule has 1 saturated heterocycles. The van der Waals surface area contributed by atoms with Crippen molar-refractivity contribution in [2.45, 2.75) is 69.4 Å². The number of rotatable bonds is 6. The monoisotopic (exact) mass is 613 g/mol. The molecule has 1 aliphatic heterocycles. The first-order chi connectivity index (χ1) is 21.6. The Hall–Kier alpha value is -4.27. The molecule has 234 valence electrons. The van der Waals surface area contributed by atoms with Gasteiger partial charge < -0.3 is 15.4 Å². The van der Waals surface area contributed by atoms with Crippen LogP contribution < -0.4 is 5.73 Å². The van der Waals surface area contributed by atoms with Crippen molar-refractivity contribution in [3.63, 3.8) is 0 Å². The summed E-state index contributed by atoms with van der Waals surface area (Å²) in [5.41, 5.74) is 8.62. The number of carbonyl (C=O) groups excluding carboxylic acids is 1. The predicted molar refractivity (Wildman–Crippen MR) is 164 cm³/mol. The van der Waals surface area contributed by atoms with Gasteiger partial charge in [0.15, 0.2) is 0 Å². The standard InChI is InChI=1S/C34H37F2N7O2/c1-20-12-22(13-29(38)33(20)42(3)21(2)44)26-6-9-39-17-23(26)14-31-40-18-25-4-5-30(41-43(25)31)32-27(35)15-24(16-28(32)36)34(19-37)7-10-45-11-8-34/h4-6,9,15-18,20,22,29,33H,7-8,10-14,38H2,1-3H3/t20-,22+,29+,33-/m0/s1. The van der Waals surface area contributed by atoms with Crippen LogP contribution >= 0.6 is 0 Å². The largest absolute Gasteiger partial charge is 0.381 e. The Balaban J connectivity index is 1.30. The SMILES string of the molecule is CC(=O)N(C)[C@@H]1[C@H](N)C[C@H](c2ccncc2Cc2ncc3ccc(-c4c(F)cc(C5(C#N)CCOCC5)cc4F)nn23)C[C@@H]1C. The molecule has 0 radical (unpaired) electrons. The Morgan fingerprint density at radius 2 is 1.91 bits per heavy atom. The first-order valence-electron chi connectivity index (χ1n) is 15.4. The summed E-state index contributed by atoms with van der Waals surface area (Å²) in [6, 6.07) is 9.91. The molecule has 0 unspecified atom stereocenters. The second-order valence-electron chi connectivity index (χ2n) is 12.5. The van der Waals surface area contributed by atoms with Gasteiger partial charge in [0.1, 0.15) is 17.5 Å². The van der Waals surface area contributed by atoms with Gasteiger partial charge in [0.05, 0.1) is 34.5 Å². The Kier molecular flexibility index (Phi) is 8.37. The number of benzene rings is 1. The van der Waals surface area contributed by atoms with Crippen LogP contribution in [-0.2, 0) is 21.4 Å². The van der Waals surface area contributed by atoms with Crippen LogP contribution in [-0.4, -0.2) is 62.7 Å². The normalized spacial score (nSPS) is 23.0. The number of ether oxygens (including phenoxy) is 1. The number of pyridine rings is 1. The average Bonchev–Trinajstić information content (AvgIpc) is 3.42. The Morgan fingerprint density at radius 1 is 1.18 bits per heavy atom. The maximum atomic E-state index is 15.6. The van der Waals surface area contributed by atoms with Crippen molar-refractivity contribution < 1.29 is 18.3 Å². The van der Waals surface area contributed by atoms with E-state index in [0.717, 1.165) is 24.0 Å². The maximum absolute atomic E-state index is 15.6. The number of fused-ring (bicyclic) bond motifs is 1. The topological polar surface area (TPSA) is 122 Å². The van der Waals surface area contributed by atoms with E-state index in [-0.39, 0.29) is 41.1 Å². The number of hydrogen-bond acceptors (Lipinski definition) is 7. The van der Waals surface area contributed by atoms with Gasteiger partial charge in [-0.25, -0.2) is 18.3 Å². The van der Waals surface area contributed by atoms with Crippen LogP contribution in [0.15, 0.2) is 48.9 Å². The first kappa shape index (κ1) is 30.7. The fourth-order valence-corrected chi connectivity index (χ4v) is 7.33. The number of carbonyl (C=O) groups is 1. The van der Waals surface area contributed by atoms with Gasteiger partial charge in [-0.15, -0.1) is 0 Å². The quantitative estimate of drug-likeness (QED) is 0.328. The Labute approximate surface area is 261 Å². The summed E-state index contributed by atoms with van der Waals surface area (Å²) < 4.78 is 38.2. The lowest BCUT2D eigenvalue weighted by Crippen LogP contribution is -2.54. The molecule has 6 rings (SSSR count). The molecule has 4 atom stereocenters. The summed E-state index contributed by atoms with van der Waals surface area (Å²) in [6.45, 7) is 4.43. The van der Waals surface area contributed by atoms with Crippen molar-refractivity contribution in [2.24, 2.45) is 11.7 Å². The van der Waals surface area contributed by atoms with E-state index in [1.54, 1.807) is 40.9 Å². The molecule has 3 aromatic heterocycles. The molecule has 0 bridgehead atoms. The number of aromatic nitrogens is 4. The molecule has 1 aromatic carbocycles. The molecule has 45 heavy (non-hydrogen) atoms. The maximum Gasteiger partial charge on any atom is 0.219 e. The lowest BCUT2D eigenvalue weighted by atomic mass is 9.72. The minimum atomic E-state index is -0.987. The van der Waals surface area contributed by atoms with E-state index in [0.29, 0.717) is 49.4 Å². The molecule has 4 heterocycles. The van der Waals surface area contributed by atoms with Gasteiger partial charge in [-0.2, -0.15) is 10.4 Å². The molecule has 2 fully saturated rings. The van der Waals surface area contributed by atoms with Crippen LogP contribution in [0.4, 0.5) is 8.78 Å². The highest BCUT2D eigenvalue weighted by atomic mass is 19.1. The van der Waals surface area contributed by atoms with Gasteiger partial charge in [0, 0.05) is 58.1 Å². The second-order valence-corrected chi connectivity index (χ2v) is 12.5. The molecule has 1 aliphatic carbocycles. The van der Waals surface area contributed by atoms with Crippen molar-refractivity contribution in [1.29, 1.82) is 5.26 Å². The number of imidazole rings is 1. The van der Waals surface area contributed by atoms with E-state index >= 15 is 8.78 Å². The number of halogens is 2. The third-order valence-corrected chi connectivity index (χ3v) is 9.77. The van der Waals surface area contributed by atoms with Crippen molar-refractivity contribution >= 4 is 11.4 Å². The van der Waals surface area contributed by atoms with Crippen molar-refractivity contribution in [2.75, 3.05) is 20.3 Å². The summed E-state index contributed by atoms with van der Waals surface area (Å²) in [5, 5.41) is 14.5. The number of likely N-dealkylation sites (N-methyl/N-ethyl adjacent to an activating group) is 1. The molecule has 4 aromatic rings. The minimum absolute atomic E-state index is 0.00418. The third kappa shape index (κ3) is 5.69. The number of nitrogens with two attached hydrogens (primary N) is 1. The highest BCUT2D eigenvalue weighted by Gasteiger charge is 2.38. The number of amides is 1. The molecule has 0 spiro atoms. The van der Waals surface area contributed by atoms with Crippen molar-refractivity contribution in [3.05, 3.63) is 83.1 Å².